The highest BCUT2D eigenvalue weighted by Crippen LogP contribution is 2.14. The Morgan fingerprint density at radius 3 is 2.65 bits per heavy atom. The molecule has 1 fully saturated rings. The van der Waals surface area contributed by atoms with E-state index in [2.05, 4.69) is 0 Å². The molecule has 1 aromatic carbocycles. The van der Waals surface area contributed by atoms with Gasteiger partial charge in [0.2, 0.25) is 11.8 Å². The fraction of sp³-hybridized carbons (Fsp3) is 0.556. The molecule has 5 nitrogen and oxygen atoms in total. The maximum atomic E-state index is 12.4. The molecule has 126 valence electrons. The van der Waals surface area contributed by atoms with Crippen LogP contribution in [0.25, 0.3) is 0 Å². The Balaban J connectivity index is 1.87. The molecular formula is C18H26N2O3. The first-order chi connectivity index (χ1) is 11.1. The summed E-state index contributed by atoms with van der Waals surface area (Å²) < 4.78 is 5.41. The van der Waals surface area contributed by atoms with Crippen molar-refractivity contribution in [3.8, 4) is 5.75 Å². The Morgan fingerprint density at radius 2 is 1.96 bits per heavy atom. The molecule has 1 aliphatic rings. The van der Waals surface area contributed by atoms with Crippen LogP contribution in [-0.4, -0.2) is 48.4 Å². The molecule has 1 aliphatic heterocycles. The van der Waals surface area contributed by atoms with E-state index in [0.717, 1.165) is 30.6 Å². The van der Waals surface area contributed by atoms with Crippen LogP contribution < -0.4 is 4.74 Å². The van der Waals surface area contributed by atoms with Gasteiger partial charge in [0, 0.05) is 26.6 Å². The van der Waals surface area contributed by atoms with Crippen LogP contribution in [0.3, 0.4) is 0 Å². The minimum absolute atomic E-state index is 0.0193. The number of benzene rings is 1. The number of amides is 2. The summed E-state index contributed by atoms with van der Waals surface area (Å²) in [5.74, 6) is 0.917. The fourth-order valence-electron chi connectivity index (χ4n) is 2.71. The molecule has 1 heterocycles. The van der Waals surface area contributed by atoms with E-state index < -0.39 is 0 Å². The van der Waals surface area contributed by atoms with E-state index in [1.54, 1.807) is 16.8 Å². The molecule has 23 heavy (non-hydrogen) atoms. The summed E-state index contributed by atoms with van der Waals surface area (Å²) in [6.07, 6.45) is 3.56. The number of rotatable bonds is 6. The monoisotopic (exact) mass is 318 g/mol. The third-order valence-electron chi connectivity index (χ3n) is 4.08. The summed E-state index contributed by atoms with van der Waals surface area (Å²) in [6.45, 7) is 4.01. The van der Waals surface area contributed by atoms with Crippen molar-refractivity contribution in [2.24, 2.45) is 0 Å². The van der Waals surface area contributed by atoms with Crippen LogP contribution >= 0.6 is 0 Å². The molecule has 0 aliphatic carbocycles. The molecule has 2 rings (SSSR count). The number of likely N-dealkylation sites (N-methyl/N-ethyl adjacent to an activating group) is 1. The fourth-order valence-corrected chi connectivity index (χ4v) is 2.71. The van der Waals surface area contributed by atoms with Gasteiger partial charge in [-0.2, -0.15) is 0 Å². The van der Waals surface area contributed by atoms with Gasteiger partial charge in [-0.15, -0.1) is 0 Å². The standard InChI is InChI=1S/C18H26N2O3/c1-3-23-16-10-8-15(9-11-16)13-19(2)18(22)14-20-12-6-4-5-7-17(20)21/h8-11H,3-7,12-14H2,1-2H3. The molecule has 0 unspecified atom stereocenters. The number of nitrogens with zero attached hydrogens (tertiary/aromatic N) is 2. The Morgan fingerprint density at radius 1 is 1.22 bits per heavy atom. The van der Waals surface area contributed by atoms with Gasteiger partial charge in [0.25, 0.3) is 0 Å². The summed E-state index contributed by atoms with van der Waals surface area (Å²) in [5.41, 5.74) is 1.05. The lowest BCUT2D eigenvalue weighted by Crippen LogP contribution is -2.41. The van der Waals surface area contributed by atoms with Gasteiger partial charge in [-0.05, 0) is 37.5 Å². The highest BCUT2D eigenvalue weighted by molar-refractivity contribution is 5.84. The lowest BCUT2D eigenvalue weighted by Gasteiger charge is -2.24. The zero-order chi connectivity index (χ0) is 16.7. The molecular weight excluding hydrogens is 292 g/mol. The molecule has 0 radical (unpaired) electrons. The lowest BCUT2D eigenvalue weighted by molar-refractivity contribution is -0.139. The van der Waals surface area contributed by atoms with Gasteiger partial charge >= 0.3 is 0 Å². The molecule has 5 heteroatoms. The maximum absolute atomic E-state index is 12.4. The average molecular weight is 318 g/mol. The first kappa shape index (κ1) is 17.3. The molecule has 0 spiro atoms. The maximum Gasteiger partial charge on any atom is 0.242 e. The number of carbonyl (C=O) groups excluding carboxylic acids is 2. The first-order valence-corrected chi connectivity index (χ1v) is 8.33. The highest BCUT2D eigenvalue weighted by Gasteiger charge is 2.21. The van der Waals surface area contributed by atoms with Crippen LogP contribution in [0.5, 0.6) is 5.75 Å². The molecule has 2 amide bonds. The zero-order valence-corrected chi connectivity index (χ0v) is 14.1. The summed E-state index contributed by atoms with van der Waals surface area (Å²) >= 11 is 0. The third-order valence-corrected chi connectivity index (χ3v) is 4.08. The normalized spacial score (nSPS) is 15.2. The summed E-state index contributed by atoms with van der Waals surface area (Å²) in [7, 11) is 1.78. The van der Waals surface area contributed by atoms with Crippen LogP contribution in [0.15, 0.2) is 24.3 Å². The molecule has 0 bridgehead atoms. The topological polar surface area (TPSA) is 49.9 Å². The lowest BCUT2D eigenvalue weighted by atomic mass is 10.2. The van der Waals surface area contributed by atoms with Crippen LogP contribution in [0.2, 0.25) is 0 Å². The molecule has 0 atom stereocenters. The van der Waals surface area contributed by atoms with Crippen LogP contribution in [0.4, 0.5) is 0 Å². The second-order valence-electron chi connectivity index (χ2n) is 5.95. The number of hydrogen-bond donors (Lipinski definition) is 0. The van der Waals surface area contributed by atoms with Crippen molar-refractivity contribution in [2.45, 2.75) is 39.2 Å². The minimum Gasteiger partial charge on any atom is -0.494 e. The second-order valence-corrected chi connectivity index (χ2v) is 5.95. The van der Waals surface area contributed by atoms with E-state index in [4.69, 9.17) is 4.74 Å². The van der Waals surface area contributed by atoms with Gasteiger partial charge in [-0.25, -0.2) is 0 Å². The van der Waals surface area contributed by atoms with Gasteiger partial charge in [0.05, 0.1) is 13.2 Å². The smallest absolute Gasteiger partial charge is 0.242 e. The van der Waals surface area contributed by atoms with Gasteiger partial charge in [-0.1, -0.05) is 18.6 Å². The molecule has 0 N–H and O–H groups in total. The summed E-state index contributed by atoms with van der Waals surface area (Å²) in [6, 6.07) is 7.75. The van der Waals surface area contributed by atoms with E-state index in [9.17, 15) is 9.59 Å². The Hall–Kier alpha value is -2.04. The van der Waals surface area contributed by atoms with Crippen LogP contribution in [-0.2, 0) is 16.1 Å². The predicted octanol–water partition coefficient (Wildman–Crippen LogP) is 2.45. The Bertz CT molecular complexity index is 528. The van der Waals surface area contributed by atoms with Crippen molar-refractivity contribution in [3.05, 3.63) is 29.8 Å². The summed E-state index contributed by atoms with van der Waals surface area (Å²) in [5, 5.41) is 0. The zero-order valence-electron chi connectivity index (χ0n) is 14.1. The van der Waals surface area contributed by atoms with Crippen molar-refractivity contribution in [1.82, 2.24) is 9.80 Å². The SMILES string of the molecule is CCOc1ccc(CN(C)C(=O)CN2CCCCCC2=O)cc1. The van der Waals surface area contributed by atoms with Gasteiger partial charge in [0.1, 0.15) is 5.75 Å². The average Bonchev–Trinajstić information content (AvgIpc) is 2.74. The Kier molecular flexibility index (Phi) is 6.44. The molecule has 1 aromatic rings. The predicted molar refractivity (Wildman–Crippen MR) is 89.1 cm³/mol. The van der Waals surface area contributed by atoms with Crippen molar-refractivity contribution in [3.63, 3.8) is 0 Å². The van der Waals surface area contributed by atoms with Crippen LogP contribution in [0, 0.1) is 0 Å². The van der Waals surface area contributed by atoms with E-state index in [-0.39, 0.29) is 18.4 Å². The van der Waals surface area contributed by atoms with Gasteiger partial charge in [-0.3, -0.25) is 9.59 Å². The van der Waals surface area contributed by atoms with Crippen molar-refractivity contribution >= 4 is 11.8 Å². The van der Waals surface area contributed by atoms with Crippen molar-refractivity contribution in [2.75, 3.05) is 26.7 Å². The number of ether oxygens (including phenoxy) is 1. The van der Waals surface area contributed by atoms with Crippen molar-refractivity contribution < 1.29 is 14.3 Å². The quantitative estimate of drug-likeness (QED) is 0.809. The third kappa shape index (κ3) is 5.27. The summed E-state index contributed by atoms with van der Waals surface area (Å²) in [4.78, 5) is 27.7. The first-order valence-electron chi connectivity index (χ1n) is 8.33. The molecule has 1 saturated heterocycles. The second kappa shape index (κ2) is 8.56. The minimum atomic E-state index is -0.0193. The largest absolute Gasteiger partial charge is 0.494 e. The molecule has 0 saturated carbocycles. The van der Waals surface area contributed by atoms with E-state index in [1.807, 2.05) is 31.2 Å². The van der Waals surface area contributed by atoms with E-state index in [1.165, 1.54) is 0 Å². The number of likely N-dealkylation sites (tertiary alicyclic amines) is 1. The van der Waals surface area contributed by atoms with E-state index in [0.29, 0.717) is 26.1 Å². The highest BCUT2D eigenvalue weighted by atomic mass is 16.5. The van der Waals surface area contributed by atoms with E-state index >= 15 is 0 Å². The van der Waals surface area contributed by atoms with Gasteiger partial charge in [0.15, 0.2) is 0 Å². The number of carbonyl (C=O) groups is 2. The Labute approximate surface area is 138 Å². The number of hydrogen-bond acceptors (Lipinski definition) is 3. The van der Waals surface area contributed by atoms with Crippen LogP contribution in [0.1, 0.15) is 38.2 Å². The van der Waals surface area contributed by atoms with Crippen molar-refractivity contribution in [1.29, 1.82) is 0 Å². The molecule has 0 aromatic heterocycles. The van der Waals surface area contributed by atoms with Gasteiger partial charge < -0.3 is 14.5 Å².